The second-order valence-corrected chi connectivity index (χ2v) is 12.0. The second-order valence-electron chi connectivity index (χ2n) is 8.19. The Balaban J connectivity index is 1.81. The number of guanidine groups is 1. The summed E-state index contributed by atoms with van der Waals surface area (Å²) in [5.74, 6) is 1.78. The Labute approximate surface area is 227 Å². The minimum absolute atomic E-state index is 0.0146. The predicted octanol–water partition coefficient (Wildman–Crippen LogP) is 3.84. The van der Waals surface area contributed by atoms with Crippen LogP contribution in [0.3, 0.4) is 0 Å². The third kappa shape index (κ3) is 6.66. The van der Waals surface area contributed by atoms with Crippen molar-refractivity contribution in [1.29, 1.82) is 0 Å². The first-order chi connectivity index (χ1) is 17.8. The minimum atomic E-state index is -4.12. The van der Waals surface area contributed by atoms with Gasteiger partial charge < -0.3 is 0 Å². The van der Waals surface area contributed by atoms with Gasteiger partial charge in [-0.15, -0.1) is 0 Å². The molecule has 1 unspecified atom stereocenters. The zero-order chi connectivity index (χ0) is 26.4. The molecule has 0 aromatic heterocycles. The first kappa shape index (κ1) is 27.0. The van der Waals surface area contributed by atoms with Crippen LogP contribution in [0.15, 0.2) is 98.2 Å². The Hall–Kier alpha value is -3.01. The first-order valence-corrected chi connectivity index (χ1v) is 15.8. The van der Waals surface area contributed by atoms with Crippen LogP contribution < -0.4 is 5.73 Å². The summed E-state index contributed by atoms with van der Waals surface area (Å²) in [6, 6.07) is 23.3. The van der Waals surface area contributed by atoms with E-state index in [1.54, 1.807) is 12.1 Å². The van der Waals surface area contributed by atoms with Crippen molar-refractivity contribution in [1.82, 2.24) is 5.01 Å². The average Bonchev–Trinajstić information content (AvgIpc) is 2.93. The van der Waals surface area contributed by atoms with E-state index in [9.17, 15) is 13.5 Å². The molecule has 1 atom stereocenters. The number of nitrogens with two attached hydrogens (primary N) is 1. The SMILES string of the molecule is C[Se]/C(N)=N\C(=N\S(=O)(=O)c1ccc(CO)cc1)N1CCC(c2ccccc2)C(c2ccc(Cl)cc2)=N1. The molecule has 0 amide bonds. The summed E-state index contributed by atoms with van der Waals surface area (Å²) < 4.78 is 30.7. The third-order valence-electron chi connectivity index (χ3n) is 5.79. The predicted molar refractivity (Wildman–Crippen MR) is 149 cm³/mol. The van der Waals surface area contributed by atoms with Crippen LogP contribution in [0.2, 0.25) is 10.8 Å². The number of hydrazone groups is 1. The number of aliphatic hydroxyl groups excluding tert-OH is 1. The number of hydrogen-bond acceptors (Lipinski definition) is 4. The van der Waals surface area contributed by atoms with E-state index >= 15 is 0 Å². The molecule has 0 aliphatic carbocycles. The number of hydrogen-bond donors (Lipinski definition) is 2. The number of aliphatic hydroxyl groups is 1. The standard InChI is InChI=1S/C26H26ClN5O3SSe/c1-37-25(28)29-26(31-36(34,35)22-13-7-18(17-33)8-14-22)32-16-15-23(19-5-3-2-4-6-19)24(30-32)20-9-11-21(27)12-10-20/h2-14,23,33H,15-17H2,1H3,(H2,28,29,31). The fourth-order valence-corrected chi connectivity index (χ4v) is 5.29. The summed E-state index contributed by atoms with van der Waals surface area (Å²) in [6.45, 7) is 0.203. The second kappa shape index (κ2) is 12.0. The molecule has 0 saturated heterocycles. The van der Waals surface area contributed by atoms with Crippen LogP contribution in [-0.2, 0) is 16.6 Å². The topological polar surface area (TPSA) is 121 Å². The first-order valence-electron chi connectivity index (χ1n) is 11.4. The van der Waals surface area contributed by atoms with E-state index in [0.717, 1.165) is 16.8 Å². The monoisotopic (exact) mass is 603 g/mol. The van der Waals surface area contributed by atoms with Gasteiger partial charge in [0.2, 0.25) is 0 Å². The number of halogens is 1. The molecule has 0 spiro atoms. The number of aliphatic imine (C=N–C) groups is 1. The normalized spacial score (nSPS) is 17.0. The van der Waals surface area contributed by atoms with Gasteiger partial charge in [-0.3, -0.25) is 0 Å². The van der Waals surface area contributed by atoms with Crippen LogP contribution in [-0.4, -0.2) is 56.4 Å². The molecule has 0 saturated carbocycles. The fourth-order valence-electron chi connectivity index (χ4n) is 3.87. The summed E-state index contributed by atoms with van der Waals surface area (Å²) >= 11 is 5.97. The van der Waals surface area contributed by atoms with Gasteiger partial charge in [-0.05, 0) is 0 Å². The van der Waals surface area contributed by atoms with Crippen molar-refractivity contribution in [3.8, 4) is 0 Å². The van der Waals surface area contributed by atoms with E-state index in [0.29, 0.717) is 28.3 Å². The molecular weight excluding hydrogens is 577 g/mol. The number of amidine groups is 1. The van der Waals surface area contributed by atoms with Crippen molar-refractivity contribution in [3.63, 3.8) is 0 Å². The summed E-state index contributed by atoms with van der Waals surface area (Å²) in [5.41, 5.74) is 9.36. The van der Waals surface area contributed by atoms with Crippen LogP contribution in [0, 0.1) is 0 Å². The van der Waals surface area contributed by atoms with Gasteiger partial charge in [0.1, 0.15) is 0 Å². The molecule has 0 bridgehead atoms. The maximum atomic E-state index is 13.2. The average molecular weight is 603 g/mol. The Morgan fingerprint density at radius 2 is 1.78 bits per heavy atom. The summed E-state index contributed by atoms with van der Waals surface area (Å²) in [6.07, 6.45) is 0.655. The molecule has 37 heavy (non-hydrogen) atoms. The maximum absolute atomic E-state index is 13.2. The van der Waals surface area contributed by atoms with Gasteiger partial charge in [0.05, 0.1) is 0 Å². The van der Waals surface area contributed by atoms with E-state index in [2.05, 4.69) is 21.5 Å². The summed E-state index contributed by atoms with van der Waals surface area (Å²) in [7, 11) is -4.12. The fraction of sp³-hybridized carbons (Fsp3) is 0.192. The molecule has 4 rings (SSSR count). The Kier molecular flexibility index (Phi) is 8.79. The van der Waals surface area contributed by atoms with Crippen molar-refractivity contribution in [2.75, 3.05) is 6.54 Å². The van der Waals surface area contributed by atoms with Crippen molar-refractivity contribution in [2.24, 2.45) is 20.2 Å². The van der Waals surface area contributed by atoms with E-state index in [1.165, 1.54) is 29.3 Å². The molecule has 1 aliphatic rings. The number of rotatable bonds is 6. The van der Waals surface area contributed by atoms with Crippen LogP contribution in [0.25, 0.3) is 0 Å². The van der Waals surface area contributed by atoms with Crippen LogP contribution in [0.1, 0.15) is 29.0 Å². The molecule has 11 heteroatoms. The Morgan fingerprint density at radius 3 is 2.41 bits per heavy atom. The van der Waals surface area contributed by atoms with Gasteiger partial charge in [0, 0.05) is 0 Å². The molecular formula is C26H26ClN5O3SSe. The van der Waals surface area contributed by atoms with Crippen LogP contribution >= 0.6 is 11.6 Å². The van der Waals surface area contributed by atoms with Crippen molar-refractivity contribution < 1.29 is 13.5 Å². The molecule has 192 valence electrons. The number of nitrogens with zero attached hydrogens (tertiary/aromatic N) is 4. The molecule has 3 aromatic rings. The summed E-state index contributed by atoms with van der Waals surface area (Å²) in [4.78, 5) is 4.34. The van der Waals surface area contributed by atoms with Crippen molar-refractivity contribution in [3.05, 3.63) is 101 Å². The van der Waals surface area contributed by atoms with E-state index in [4.69, 9.17) is 22.4 Å². The van der Waals surface area contributed by atoms with Gasteiger partial charge in [-0.1, -0.05) is 0 Å². The van der Waals surface area contributed by atoms with E-state index in [1.807, 2.05) is 36.2 Å². The van der Waals surface area contributed by atoms with Crippen LogP contribution in [0.4, 0.5) is 0 Å². The zero-order valence-corrected chi connectivity index (χ0v) is 23.3. The molecule has 1 heterocycles. The zero-order valence-electron chi connectivity index (χ0n) is 20.0. The van der Waals surface area contributed by atoms with Crippen LogP contribution in [0.5, 0.6) is 0 Å². The van der Waals surface area contributed by atoms with E-state index in [-0.39, 0.29) is 38.3 Å². The van der Waals surface area contributed by atoms with Crippen molar-refractivity contribution >= 4 is 53.0 Å². The summed E-state index contributed by atoms with van der Waals surface area (Å²) in [5, 5.41) is 16.2. The van der Waals surface area contributed by atoms with Gasteiger partial charge in [-0.25, -0.2) is 0 Å². The van der Waals surface area contributed by atoms with Gasteiger partial charge >= 0.3 is 229 Å². The molecule has 8 nitrogen and oxygen atoms in total. The Bertz CT molecular complexity index is 1430. The van der Waals surface area contributed by atoms with Crippen molar-refractivity contribution in [2.45, 2.75) is 29.7 Å². The van der Waals surface area contributed by atoms with Gasteiger partial charge in [0.15, 0.2) is 0 Å². The number of sulfonamides is 1. The van der Waals surface area contributed by atoms with Gasteiger partial charge in [-0.2, -0.15) is 0 Å². The van der Waals surface area contributed by atoms with Gasteiger partial charge in [0.25, 0.3) is 0 Å². The molecule has 3 N–H and O–H groups in total. The quantitative estimate of drug-likeness (QED) is 0.252. The molecule has 0 radical (unpaired) electrons. The van der Waals surface area contributed by atoms with E-state index < -0.39 is 10.0 Å². The molecule has 1 aliphatic heterocycles. The number of benzene rings is 3. The Morgan fingerprint density at radius 1 is 1.11 bits per heavy atom. The third-order valence-corrected chi connectivity index (χ3v) is 8.38. The molecule has 0 fully saturated rings. The molecule has 3 aromatic carbocycles.